The van der Waals surface area contributed by atoms with Gasteiger partial charge in [0.15, 0.2) is 0 Å². The van der Waals surface area contributed by atoms with Crippen molar-refractivity contribution in [2.45, 2.75) is 0 Å². The Labute approximate surface area is 49.8 Å². The molecule has 0 heterocycles. The summed E-state index contributed by atoms with van der Waals surface area (Å²) in [7, 11) is 0. The Morgan fingerprint density at radius 1 is 1.38 bits per heavy atom. The quantitative estimate of drug-likeness (QED) is 0.386. The fourth-order valence-corrected chi connectivity index (χ4v) is 0.201. The minimum atomic E-state index is 0.657. The fourth-order valence-electron chi connectivity index (χ4n) is 0.201. The average Bonchev–Trinajstić information content (AvgIpc) is 1.83. The third kappa shape index (κ3) is 3.09. The van der Waals surface area contributed by atoms with Crippen molar-refractivity contribution in [3.05, 3.63) is 37.6 Å². The second-order valence-electron chi connectivity index (χ2n) is 1.21. The molecule has 0 fully saturated rings. The minimum Gasteiger partial charge on any atom is -0.258 e. The fraction of sp³-hybridized carbons (Fsp3) is 0. The highest BCUT2D eigenvalue weighted by Crippen LogP contribution is 1.88. The van der Waals surface area contributed by atoms with Crippen molar-refractivity contribution in [2.75, 3.05) is 0 Å². The number of allylic oxidation sites excluding steroid dienone is 2. The van der Waals surface area contributed by atoms with Gasteiger partial charge in [-0.3, -0.25) is 4.99 Å². The lowest BCUT2D eigenvalue weighted by atomic mass is 10.5. The monoisotopic (exact) mass is 107 g/mol. The molecule has 0 aliphatic rings. The van der Waals surface area contributed by atoms with Gasteiger partial charge in [0.25, 0.3) is 0 Å². The van der Waals surface area contributed by atoms with Gasteiger partial charge in [-0.25, -0.2) is 0 Å². The first-order chi connectivity index (χ1) is 3.81. The van der Waals surface area contributed by atoms with Gasteiger partial charge in [0.2, 0.25) is 0 Å². The van der Waals surface area contributed by atoms with Crippen molar-refractivity contribution in [3.63, 3.8) is 0 Å². The number of aliphatic imine (C=N–C) groups is 1. The van der Waals surface area contributed by atoms with E-state index in [0.717, 1.165) is 0 Å². The lowest BCUT2D eigenvalue weighted by Crippen LogP contribution is -1.65. The Kier molecular flexibility index (Phi) is 3.50. The van der Waals surface area contributed by atoms with Crippen LogP contribution in [0.2, 0.25) is 0 Å². The van der Waals surface area contributed by atoms with Crippen molar-refractivity contribution in [3.8, 4) is 0 Å². The van der Waals surface area contributed by atoms with Gasteiger partial charge in [0, 0.05) is 6.21 Å². The van der Waals surface area contributed by atoms with Crippen molar-refractivity contribution >= 4 is 6.21 Å². The summed E-state index contributed by atoms with van der Waals surface area (Å²) in [5.74, 6) is 0. The van der Waals surface area contributed by atoms with Gasteiger partial charge >= 0.3 is 0 Å². The average molecular weight is 107 g/mol. The molecule has 0 rings (SSSR count). The molecule has 42 valence electrons. The van der Waals surface area contributed by atoms with Crippen LogP contribution in [0.3, 0.4) is 0 Å². The molecule has 0 saturated heterocycles. The standard InChI is InChI=1S/C7H9N/c1-4-6-8-7(3)5-2/h4-6H,1-3H2. The molecule has 0 aliphatic heterocycles. The van der Waals surface area contributed by atoms with Gasteiger partial charge in [-0.2, -0.15) is 0 Å². The Morgan fingerprint density at radius 2 is 2.00 bits per heavy atom. The van der Waals surface area contributed by atoms with Gasteiger partial charge in [0.1, 0.15) is 0 Å². The molecule has 0 radical (unpaired) electrons. The largest absolute Gasteiger partial charge is 0.258 e. The first-order valence-corrected chi connectivity index (χ1v) is 2.27. The first-order valence-electron chi connectivity index (χ1n) is 2.27. The molecule has 0 saturated carbocycles. The van der Waals surface area contributed by atoms with Crippen LogP contribution in [0.4, 0.5) is 0 Å². The summed E-state index contributed by atoms with van der Waals surface area (Å²) in [4.78, 5) is 3.81. The van der Waals surface area contributed by atoms with Crippen LogP contribution in [0.1, 0.15) is 0 Å². The second kappa shape index (κ2) is 4.06. The van der Waals surface area contributed by atoms with Crippen LogP contribution in [-0.4, -0.2) is 6.21 Å². The van der Waals surface area contributed by atoms with E-state index in [1.54, 1.807) is 18.4 Å². The van der Waals surface area contributed by atoms with E-state index in [-0.39, 0.29) is 0 Å². The summed E-state index contributed by atoms with van der Waals surface area (Å²) < 4.78 is 0. The van der Waals surface area contributed by atoms with Crippen molar-refractivity contribution in [2.24, 2.45) is 4.99 Å². The highest BCUT2D eigenvalue weighted by atomic mass is 14.7. The first kappa shape index (κ1) is 6.89. The predicted octanol–water partition coefficient (Wildman–Crippen LogP) is 1.94. The molecule has 0 aliphatic carbocycles. The van der Waals surface area contributed by atoms with E-state index in [1.807, 2.05) is 0 Å². The third-order valence-electron chi connectivity index (χ3n) is 0.581. The zero-order valence-electron chi connectivity index (χ0n) is 4.80. The molecule has 0 aromatic heterocycles. The number of nitrogens with zero attached hydrogens (tertiary/aromatic N) is 1. The van der Waals surface area contributed by atoms with E-state index in [4.69, 9.17) is 0 Å². The smallest absolute Gasteiger partial charge is 0.0551 e. The van der Waals surface area contributed by atoms with Crippen LogP contribution >= 0.6 is 0 Å². The van der Waals surface area contributed by atoms with Crippen LogP contribution in [0.15, 0.2) is 42.6 Å². The van der Waals surface area contributed by atoms with Crippen LogP contribution < -0.4 is 0 Å². The lowest BCUT2D eigenvalue weighted by Gasteiger charge is -1.81. The SMILES string of the molecule is C=CC=NC(=C)C=C. The summed E-state index contributed by atoms with van der Waals surface area (Å²) in [6, 6.07) is 0. The third-order valence-corrected chi connectivity index (χ3v) is 0.581. The maximum Gasteiger partial charge on any atom is 0.0551 e. The number of hydrogen-bond acceptors (Lipinski definition) is 1. The molecule has 0 N–H and O–H groups in total. The summed E-state index contributed by atoms with van der Waals surface area (Å²) >= 11 is 0. The topological polar surface area (TPSA) is 12.4 Å². The zero-order valence-corrected chi connectivity index (χ0v) is 4.80. The van der Waals surface area contributed by atoms with Crippen molar-refractivity contribution in [1.29, 1.82) is 0 Å². The highest BCUT2D eigenvalue weighted by Gasteiger charge is 1.71. The molecule has 0 bridgehead atoms. The maximum absolute atomic E-state index is 3.81. The molecule has 0 atom stereocenters. The molecular weight excluding hydrogens is 98.1 g/mol. The Morgan fingerprint density at radius 3 is 2.38 bits per heavy atom. The summed E-state index contributed by atoms with van der Waals surface area (Å²) in [5, 5.41) is 0. The highest BCUT2D eigenvalue weighted by molar-refractivity contribution is 5.71. The second-order valence-corrected chi connectivity index (χ2v) is 1.21. The van der Waals surface area contributed by atoms with E-state index in [9.17, 15) is 0 Å². The van der Waals surface area contributed by atoms with Gasteiger partial charge in [-0.1, -0.05) is 25.8 Å². The molecule has 1 nitrogen and oxygen atoms in total. The maximum atomic E-state index is 3.81. The molecule has 0 aromatic rings. The van der Waals surface area contributed by atoms with Gasteiger partial charge in [-0.15, -0.1) is 0 Å². The van der Waals surface area contributed by atoms with E-state index < -0.39 is 0 Å². The van der Waals surface area contributed by atoms with Crippen LogP contribution in [0.5, 0.6) is 0 Å². The molecule has 0 unspecified atom stereocenters. The normalized spacial score (nSPS) is 9.00. The summed E-state index contributed by atoms with van der Waals surface area (Å²) in [5.41, 5.74) is 0.657. The van der Waals surface area contributed by atoms with Crippen LogP contribution in [0.25, 0.3) is 0 Å². The Bertz CT molecular complexity index is 131. The van der Waals surface area contributed by atoms with Gasteiger partial charge in [-0.05, 0) is 6.08 Å². The van der Waals surface area contributed by atoms with Gasteiger partial charge in [0.05, 0.1) is 5.70 Å². The lowest BCUT2D eigenvalue weighted by molar-refractivity contribution is 1.46. The van der Waals surface area contributed by atoms with E-state index in [2.05, 4.69) is 24.7 Å². The number of rotatable bonds is 3. The van der Waals surface area contributed by atoms with Crippen LogP contribution in [-0.2, 0) is 0 Å². The van der Waals surface area contributed by atoms with Crippen molar-refractivity contribution < 1.29 is 0 Å². The molecule has 0 spiro atoms. The zero-order chi connectivity index (χ0) is 6.41. The van der Waals surface area contributed by atoms with Crippen molar-refractivity contribution in [1.82, 2.24) is 0 Å². The van der Waals surface area contributed by atoms with E-state index in [0.29, 0.717) is 5.70 Å². The van der Waals surface area contributed by atoms with Gasteiger partial charge < -0.3 is 0 Å². The minimum absolute atomic E-state index is 0.657. The molecule has 1 heteroatoms. The molecule has 0 amide bonds. The molecule has 0 aromatic carbocycles. The summed E-state index contributed by atoms with van der Waals surface area (Å²) in [6.07, 6.45) is 4.75. The van der Waals surface area contributed by atoms with E-state index in [1.165, 1.54) is 0 Å². The molecule has 8 heavy (non-hydrogen) atoms. The predicted molar refractivity (Wildman–Crippen MR) is 38.0 cm³/mol. The Hall–Kier alpha value is -1.11. The molecular formula is C7H9N. The Balaban J connectivity index is 3.69. The van der Waals surface area contributed by atoms with E-state index >= 15 is 0 Å². The number of hydrogen-bond donors (Lipinski definition) is 0. The summed E-state index contributed by atoms with van der Waals surface area (Å²) in [6.45, 7) is 10.5. The van der Waals surface area contributed by atoms with Crippen LogP contribution in [0, 0.1) is 0 Å².